The van der Waals surface area contributed by atoms with E-state index in [4.69, 9.17) is 5.11 Å². The third kappa shape index (κ3) is 2.24. The van der Waals surface area contributed by atoms with Gasteiger partial charge in [0.05, 0.1) is 10.9 Å². The summed E-state index contributed by atoms with van der Waals surface area (Å²) in [5, 5.41) is 8.50. The number of aromatic carboxylic acids is 1. The van der Waals surface area contributed by atoms with Crippen LogP contribution in [0.3, 0.4) is 0 Å². The molecular weight excluding hydrogens is 267 g/mol. The number of hydrogen-bond acceptors (Lipinski definition) is 3. The molecule has 2 N–H and O–H groups in total. The molecule has 100 valence electrons. The minimum atomic E-state index is -3.28. The largest absolute Gasteiger partial charge is 0.477 e. The van der Waals surface area contributed by atoms with Gasteiger partial charge in [-0.1, -0.05) is 0 Å². The highest BCUT2D eigenvalue weighted by Gasteiger charge is 2.18. The van der Waals surface area contributed by atoms with Gasteiger partial charge in [0.25, 0.3) is 0 Å². The van der Waals surface area contributed by atoms with Gasteiger partial charge in [-0.25, -0.2) is 9.18 Å². The van der Waals surface area contributed by atoms with Gasteiger partial charge in [-0.15, -0.1) is 0 Å². The number of ether oxygens (including phenoxy) is 1. The number of aromatic amines is 1. The highest BCUT2D eigenvalue weighted by Crippen LogP contribution is 2.27. The summed E-state index contributed by atoms with van der Waals surface area (Å²) < 4.78 is 41.7. The lowest BCUT2D eigenvalue weighted by atomic mass is 10.1. The van der Waals surface area contributed by atoms with Gasteiger partial charge in [0.15, 0.2) is 11.6 Å². The summed E-state index contributed by atoms with van der Waals surface area (Å²) in [6, 6.07) is 1.75. The zero-order valence-electron chi connectivity index (χ0n) is 9.12. The van der Waals surface area contributed by atoms with Crippen molar-refractivity contribution in [1.29, 1.82) is 0 Å². The molecule has 2 rings (SSSR count). The highest BCUT2D eigenvalue weighted by atomic mass is 19.3. The number of carboxylic acid groups (broad SMARTS) is 1. The third-order valence-corrected chi connectivity index (χ3v) is 2.40. The van der Waals surface area contributed by atoms with Crippen molar-refractivity contribution in [3.05, 3.63) is 39.9 Å². The van der Waals surface area contributed by atoms with Gasteiger partial charge in [0, 0.05) is 6.20 Å². The fourth-order valence-electron chi connectivity index (χ4n) is 1.61. The molecule has 0 aliphatic carbocycles. The number of alkyl halides is 2. The van der Waals surface area contributed by atoms with E-state index in [2.05, 4.69) is 9.72 Å². The number of nitrogens with one attached hydrogen (secondary N) is 1. The summed E-state index contributed by atoms with van der Waals surface area (Å²) in [4.78, 5) is 24.8. The van der Waals surface area contributed by atoms with Crippen molar-refractivity contribution in [2.75, 3.05) is 0 Å². The fourth-order valence-corrected chi connectivity index (χ4v) is 1.61. The molecule has 0 atom stereocenters. The second-order valence-corrected chi connectivity index (χ2v) is 3.51. The van der Waals surface area contributed by atoms with E-state index in [0.29, 0.717) is 0 Å². The van der Waals surface area contributed by atoms with E-state index >= 15 is 0 Å². The van der Waals surface area contributed by atoms with Gasteiger partial charge in [-0.05, 0) is 12.1 Å². The molecule has 0 fully saturated rings. The fraction of sp³-hybridized carbons (Fsp3) is 0.0909. The number of carboxylic acids is 1. The molecule has 1 aromatic heterocycles. The smallest absolute Gasteiger partial charge is 0.387 e. The monoisotopic (exact) mass is 273 g/mol. The van der Waals surface area contributed by atoms with Crippen molar-refractivity contribution < 1.29 is 27.8 Å². The van der Waals surface area contributed by atoms with Crippen LogP contribution in [0.1, 0.15) is 10.4 Å². The first-order valence-electron chi connectivity index (χ1n) is 4.94. The van der Waals surface area contributed by atoms with Crippen molar-refractivity contribution in [2.24, 2.45) is 0 Å². The second kappa shape index (κ2) is 4.63. The minimum Gasteiger partial charge on any atom is -0.477 e. The van der Waals surface area contributed by atoms with Gasteiger partial charge in [-0.3, -0.25) is 4.79 Å². The van der Waals surface area contributed by atoms with Crippen molar-refractivity contribution in [3.63, 3.8) is 0 Å². The number of halogens is 3. The molecule has 0 radical (unpaired) electrons. The Labute approximate surface area is 103 Å². The standard InChI is InChI=1S/C11H6F3NO4/c12-6-2-1-4-7(9(6)19-11(13)14)15-3-5(8(4)16)10(17)18/h1-3,11H,(H,15,16)(H,17,18). The lowest BCUT2D eigenvalue weighted by molar-refractivity contribution is -0.0512. The van der Waals surface area contributed by atoms with Crippen molar-refractivity contribution in [2.45, 2.75) is 6.61 Å². The molecule has 0 spiro atoms. The van der Waals surface area contributed by atoms with Gasteiger partial charge in [-0.2, -0.15) is 8.78 Å². The van der Waals surface area contributed by atoms with Gasteiger partial charge in [0.2, 0.25) is 5.43 Å². The average Bonchev–Trinajstić information content (AvgIpc) is 2.32. The highest BCUT2D eigenvalue weighted by molar-refractivity contribution is 5.93. The first-order chi connectivity index (χ1) is 8.91. The number of fused-ring (bicyclic) bond motifs is 1. The Hall–Kier alpha value is -2.51. The lowest BCUT2D eigenvalue weighted by Crippen LogP contribution is -2.16. The van der Waals surface area contributed by atoms with Crippen molar-refractivity contribution >= 4 is 16.9 Å². The molecule has 0 saturated heterocycles. The van der Waals surface area contributed by atoms with E-state index < -0.39 is 35.1 Å². The summed E-state index contributed by atoms with van der Waals surface area (Å²) in [6.07, 6.45) is 0.796. The van der Waals surface area contributed by atoms with Crippen LogP contribution >= 0.6 is 0 Å². The normalized spacial score (nSPS) is 10.9. The SMILES string of the molecule is O=C(O)c1c[nH]c2c(OC(F)F)c(F)ccc2c1=O. The van der Waals surface area contributed by atoms with E-state index in [0.717, 1.165) is 18.3 Å². The molecule has 19 heavy (non-hydrogen) atoms. The first kappa shape index (κ1) is 12.9. The van der Waals surface area contributed by atoms with E-state index in [1.165, 1.54) is 0 Å². The summed E-state index contributed by atoms with van der Waals surface area (Å²) in [5.41, 5.74) is -1.82. The van der Waals surface area contributed by atoms with E-state index in [1.807, 2.05) is 0 Å². The van der Waals surface area contributed by atoms with E-state index in [1.54, 1.807) is 0 Å². The van der Waals surface area contributed by atoms with Crippen LogP contribution in [0.15, 0.2) is 23.1 Å². The van der Waals surface area contributed by atoms with Crippen LogP contribution in [0.2, 0.25) is 0 Å². The Balaban J connectivity index is 2.78. The molecule has 1 aromatic carbocycles. The minimum absolute atomic E-state index is 0.253. The molecule has 0 bridgehead atoms. The van der Waals surface area contributed by atoms with E-state index in [9.17, 15) is 22.8 Å². The third-order valence-electron chi connectivity index (χ3n) is 2.40. The Morgan fingerprint density at radius 1 is 1.37 bits per heavy atom. The number of benzene rings is 1. The molecule has 0 aliphatic rings. The Bertz CT molecular complexity index is 711. The summed E-state index contributed by atoms with van der Waals surface area (Å²) in [5.74, 6) is -3.41. The van der Waals surface area contributed by atoms with Gasteiger partial charge >= 0.3 is 12.6 Å². The van der Waals surface area contributed by atoms with Crippen LogP contribution in [-0.2, 0) is 0 Å². The number of aromatic nitrogens is 1. The van der Waals surface area contributed by atoms with Crippen LogP contribution in [0.4, 0.5) is 13.2 Å². The maximum absolute atomic E-state index is 13.4. The predicted octanol–water partition coefficient (Wildman–Crippen LogP) is 1.97. The molecule has 8 heteroatoms. The summed E-state index contributed by atoms with van der Waals surface area (Å²) in [6.45, 7) is -3.28. The number of pyridine rings is 1. The van der Waals surface area contributed by atoms with Crippen LogP contribution < -0.4 is 10.2 Å². The first-order valence-corrected chi connectivity index (χ1v) is 4.94. The molecule has 1 heterocycles. The lowest BCUT2D eigenvalue weighted by Gasteiger charge is -2.09. The van der Waals surface area contributed by atoms with Gasteiger partial charge in [0.1, 0.15) is 5.56 Å². The Morgan fingerprint density at radius 3 is 2.63 bits per heavy atom. The van der Waals surface area contributed by atoms with Crippen LogP contribution in [0.5, 0.6) is 5.75 Å². The maximum atomic E-state index is 13.4. The summed E-state index contributed by atoms with van der Waals surface area (Å²) >= 11 is 0. The molecule has 0 aliphatic heterocycles. The maximum Gasteiger partial charge on any atom is 0.387 e. The predicted molar refractivity (Wildman–Crippen MR) is 58.1 cm³/mol. The number of hydrogen-bond donors (Lipinski definition) is 2. The number of H-pyrrole nitrogens is 1. The zero-order chi connectivity index (χ0) is 14.2. The van der Waals surface area contributed by atoms with Crippen LogP contribution in [-0.4, -0.2) is 22.7 Å². The molecule has 5 nitrogen and oxygen atoms in total. The Morgan fingerprint density at radius 2 is 2.05 bits per heavy atom. The van der Waals surface area contributed by atoms with Crippen LogP contribution in [0.25, 0.3) is 10.9 Å². The number of carbonyl (C=O) groups is 1. The number of rotatable bonds is 3. The van der Waals surface area contributed by atoms with Gasteiger partial charge < -0.3 is 14.8 Å². The van der Waals surface area contributed by atoms with E-state index in [-0.39, 0.29) is 10.9 Å². The molecule has 2 aromatic rings. The topological polar surface area (TPSA) is 79.4 Å². The molecule has 0 saturated carbocycles. The molecular formula is C11H6F3NO4. The van der Waals surface area contributed by atoms with Crippen LogP contribution in [0, 0.1) is 5.82 Å². The quantitative estimate of drug-likeness (QED) is 0.896. The van der Waals surface area contributed by atoms with Crippen molar-refractivity contribution in [1.82, 2.24) is 4.98 Å². The zero-order valence-corrected chi connectivity index (χ0v) is 9.12. The van der Waals surface area contributed by atoms with Crippen molar-refractivity contribution in [3.8, 4) is 5.75 Å². The average molecular weight is 273 g/mol. The summed E-state index contributed by atoms with van der Waals surface area (Å²) in [7, 11) is 0. The Kier molecular flexibility index (Phi) is 3.16. The second-order valence-electron chi connectivity index (χ2n) is 3.51. The molecule has 0 amide bonds. The molecule has 0 unspecified atom stereocenters.